The van der Waals surface area contributed by atoms with Gasteiger partial charge in [0.2, 0.25) is 0 Å². The number of rotatable bonds is 3. The van der Waals surface area contributed by atoms with Gasteiger partial charge in [0.15, 0.2) is 0 Å². The molecule has 0 aliphatic heterocycles. The predicted molar refractivity (Wildman–Crippen MR) is 69.2 cm³/mol. The van der Waals surface area contributed by atoms with Crippen molar-refractivity contribution in [2.45, 2.75) is 33.3 Å². The predicted octanol–water partition coefficient (Wildman–Crippen LogP) is 2.74. The molecule has 0 saturated carbocycles. The third kappa shape index (κ3) is 2.90. The Hall–Kier alpha value is -1.26. The van der Waals surface area contributed by atoms with Crippen molar-refractivity contribution in [3.8, 4) is 0 Å². The monoisotopic (exact) mass is 248 g/mol. The van der Waals surface area contributed by atoms with Crippen LogP contribution >= 0.6 is 11.3 Å². The summed E-state index contributed by atoms with van der Waals surface area (Å²) in [5.41, 5.74) is 2.97. The highest BCUT2D eigenvalue weighted by atomic mass is 32.1. The molecular weight excluding hydrogens is 232 g/mol. The van der Waals surface area contributed by atoms with Crippen molar-refractivity contribution in [1.82, 2.24) is 9.97 Å². The Kier molecular flexibility index (Phi) is 3.54. The van der Waals surface area contributed by atoms with Crippen LogP contribution in [0, 0.1) is 20.8 Å². The Morgan fingerprint density at radius 2 is 2.06 bits per heavy atom. The second-order valence-corrected chi connectivity index (χ2v) is 5.46. The van der Waals surface area contributed by atoms with Crippen molar-refractivity contribution in [3.05, 3.63) is 45.2 Å². The maximum absolute atomic E-state index is 10.2. The highest BCUT2D eigenvalue weighted by molar-refractivity contribution is 7.11. The van der Waals surface area contributed by atoms with E-state index in [2.05, 4.69) is 9.97 Å². The molecule has 1 unspecified atom stereocenters. The van der Waals surface area contributed by atoms with Crippen molar-refractivity contribution < 1.29 is 5.11 Å². The first kappa shape index (κ1) is 12.2. The molecule has 2 heterocycles. The Labute approximate surface area is 105 Å². The van der Waals surface area contributed by atoms with Crippen molar-refractivity contribution >= 4 is 11.3 Å². The number of pyridine rings is 1. The molecule has 2 rings (SSSR count). The average Bonchev–Trinajstić information content (AvgIpc) is 2.61. The molecule has 0 spiro atoms. The van der Waals surface area contributed by atoms with Crippen LogP contribution in [0.3, 0.4) is 0 Å². The first-order valence-electron chi connectivity index (χ1n) is 5.60. The van der Waals surface area contributed by atoms with E-state index in [0.29, 0.717) is 6.42 Å². The normalized spacial score (nSPS) is 12.7. The summed E-state index contributed by atoms with van der Waals surface area (Å²) in [7, 11) is 0. The van der Waals surface area contributed by atoms with Crippen LogP contribution in [-0.4, -0.2) is 15.1 Å². The fraction of sp³-hybridized carbons (Fsp3) is 0.385. The van der Waals surface area contributed by atoms with E-state index in [-0.39, 0.29) is 0 Å². The molecule has 0 radical (unpaired) electrons. The standard InChI is InChI=1S/C13H16N2OS/c1-8-4-5-11(14-7-8)6-12(16)13-9(2)15-10(3)17-13/h4-5,7,12,16H,6H2,1-3H3. The Morgan fingerprint density at radius 1 is 1.29 bits per heavy atom. The van der Waals surface area contributed by atoms with E-state index in [1.54, 1.807) is 11.3 Å². The molecule has 0 aliphatic rings. The van der Waals surface area contributed by atoms with E-state index in [1.807, 2.05) is 39.1 Å². The second kappa shape index (κ2) is 4.94. The number of nitrogens with zero attached hydrogens (tertiary/aromatic N) is 2. The third-order valence-electron chi connectivity index (χ3n) is 2.62. The summed E-state index contributed by atoms with van der Waals surface area (Å²) in [5, 5.41) is 11.2. The van der Waals surface area contributed by atoms with Gasteiger partial charge >= 0.3 is 0 Å². The van der Waals surface area contributed by atoms with E-state index in [9.17, 15) is 5.11 Å². The van der Waals surface area contributed by atoms with Gasteiger partial charge in [-0.2, -0.15) is 0 Å². The highest BCUT2D eigenvalue weighted by Crippen LogP contribution is 2.26. The number of thiazole rings is 1. The van der Waals surface area contributed by atoms with Gasteiger partial charge in [-0.25, -0.2) is 4.98 Å². The quantitative estimate of drug-likeness (QED) is 0.908. The summed E-state index contributed by atoms with van der Waals surface area (Å²) in [6, 6.07) is 3.97. The summed E-state index contributed by atoms with van der Waals surface area (Å²) in [6.45, 7) is 5.90. The first-order chi connectivity index (χ1) is 8.06. The van der Waals surface area contributed by atoms with E-state index >= 15 is 0 Å². The summed E-state index contributed by atoms with van der Waals surface area (Å²) in [4.78, 5) is 9.58. The van der Waals surface area contributed by atoms with Gasteiger partial charge in [0, 0.05) is 18.3 Å². The number of aliphatic hydroxyl groups excluding tert-OH is 1. The van der Waals surface area contributed by atoms with Gasteiger partial charge in [-0.1, -0.05) is 6.07 Å². The second-order valence-electron chi connectivity index (χ2n) is 4.23. The number of aryl methyl sites for hydroxylation is 3. The van der Waals surface area contributed by atoms with Crippen molar-refractivity contribution in [1.29, 1.82) is 0 Å². The van der Waals surface area contributed by atoms with E-state index in [1.165, 1.54) is 0 Å². The summed E-state index contributed by atoms with van der Waals surface area (Å²) in [6.07, 6.45) is 1.87. The molecule has 1 N–H and O–H groups in total. The summed E-state index contributed by atoms with van der Waals surface area (Å²) in [5.74, 6) is 0. The minimum absolute atomic E-state index is 0.503. The van der Waals surface area contributed by atoms with Crippen LogP contribution in [0.25, 0.3) is 0 Å². The van der Waals surface area contributed by atoms with Gasteiger partial charge in [-0.3, -0.25) is 4.98 Å². The number of hydrogen-bond acceptors (Lipinski definition) is 4. The van der Waals surface area contributed by atoms with Crippen molar-refractivity contribution in [2.24, 2.45) is 0 Å². The Bertz CT molecular complexity index is 505. The molecule has 0 bridgehead atoms. The van der Waals surface area contributed by atoms with Crippen LogP contribution in [0.1, 0.15) is 32.9 Å². The zero-order valence-electron chi connectivity index (χ0n) is 10.3. The van der Waals surface area contributed by atoms with Crippen LogP contribution in [0.2, 0.25) is 0 Å². The number of aromatic nitrogens is 2. The molecule has 2 aromatic rings. The number of hydrogen-bond donors (Lipinski definition) is 1. The lowest BCUT2D eigenvalue weighted by Crippen LogP contribution is -2.03. The molecule has 1 atom stereocenters. The first-order valence-corrected chi connectivity index (χ1v) is 6.41. The van der Waals surface area contributed by atoms with Gasteiger partial charge < -0.3 is 5.11 Å². The maximum Gasteiger partial charge on any atom is 0.0956 e. The fourth-order valence-corrected chi connectivity index (χ4v) is 2.68. The van der Waals surface area contributed by atoms with E-state index < -0.39 is 6.10 Å². The fourth-order valence-electron chi connectivity index (χ4n) is 1.77. The largest absolute Gasteiger partial charge is 0.387 e. The van der Waals surface area contributed by atoms with Gasteiger partial charge in [0.05, 0.1) is 21.7 Å². The highest BCUT2D eigenvalue weighted by Gasteiger charge is 2.15. The molecule has 90 valence electrons. The molecule has 4 heteroatoms. The molecule has 0 aromatic carbocycles. The minimum Gasteiger partial charge on any atom is -0.387 e. The minimum atomic E-state index is -0.503. The van der Waals surface area contributed by atoms with E-state index in [4.69, 9.17) is 0 Å². The SMILES string of the molecule is Cc1ccc(CC(O)c2sc(C)nc2C)nc1. The van der Waals surface area contributed by atoms with Crippen molar-refractivity contribution in [2.75, 3.05) is 0 Å². The van der Waals surface area contributed by atoms with Gasteiger partial charge in [-0.05, 0) is 32.4 Å². The number of aliphatic hydroxyl groups is 1. The van der Waals surface area contributed by atoms with Gasteiger partial charge in [-0.15, -0.1) is 11.3 Å². The molecule has 2 aromatic heterocycles. The molecule has 3 nitrogen and oxygen atoms in total. The summed E-state index contributed by atoms with van der Waals surface area (Å²) >= 11 is 1.56. The molecular formula is C13H16N2OS. The maximum atomic E-state index is 10.2. The van der Waals surface area contributed by atoms with Gasteiger partial charge in [0.25, 0.3) is 0 Å². The van der Waals surface area contributed by atoms with E-state index in [0.717, 1.165) is 26.8 Å². The van der Waals surface area contributed by atoms with Gasteiger partial charge in [0.1, 0.15) is 0 Å². The molecule has 0 amide bonds. The van der Waals surface area contributed by atoms with Crippen LogP contribution < -0.4 is 0 Å². The summed E-state index contributed by atoms with van der Waals surface area (Å²) < 4.78 is 0. The smallest absolute Gasteiger partial charge is 0.0956 e. The van der Waals surface area contributed by atoms with Crippen LogP contribution in [0.4, 0.5) is 0 Å². The molecule has 0 fully saturated rings. The van der Waals surface area contributed by atoms with Crippen molar-refractivity contribution in [3.63, 3.8) is 0 Å². The van der Waals surface area contributed by atoms with Crippen LogP contribution in [-0.2, 0) is 6.42 Å². The van der Waals surface area contributed by atoms with Crippen LogP contribution in [0.5, 0.6) is 0 Å². The Morgan fingerprint density at radius 3 is 2.59 bits per heavy atom. The molecule has 0 aliphatic carbocycles. The molecule has 17 heavy (non-hydrogen) atoms. The Balaban J connectivity index is 2.14. The lowest BCUT2D eigenvalue weighted by atomic mass is 10.1. The lowest BCUT2D eigenvalue weighted by molar-refractivity contribution is 0.180. The molecule has 0 saturated heterocycles. The van der Waals surface area contributed by atoms with Crippen LogP contribution in [0.15, 0.2) is 18.3 Å². The topological polar surface area (TPSA) is 46.0 Å². The zero-order valence-corrected chi connectivity index (χ0v) is 11.1. The zero-order chi connectivity index (χ0) is 12.4. The lowest BCUT2D eigenvalue weighted by Gasteiger charge is -2.08. The third-order valence-corrected chi connectivity index (χ3v) is 3.79. The average molecular weight is 248 g/mol.